The van der Waals surface area contributed by atoms with E-state index >= 15 is 0 Å². The Balaban J connectivity index is 1.78. The summed E-state index contributed by atoms with van der Waals surface area (Å²) in [5.74, 6) is -0.342. The third-order valence-corrected chi connectivity index (χ3v) is 3.01. The molecule has 104 valence electrons. The fourth-order valence-electron chi connectivity index (χ4n) is 1.95. The van der Waals surface area contributed by atoms with Crippen molar-refractivity contribution >= 4 is 17.3 Å². The number of halogens is 1. The average Bonchev–Trinajstić information content (AvgIpc) is 2.42. The van der Waals surface area contributed by atoms with Crippen molar-refractivity contribution in [3.63, 3.8) is 0 Å². The topological polar surface area (TPSA) is 67.6 Å². The van der Waals surface area contributed by atoms with Crippen LogP contribution in [0.15, 0.2) is 18.2 Å². The van der Waals surface area contributed by atoms with Gasteiger partial charge in [0.1, 0.15) is 5.82 Å². The Labute approximate surface area is 111 Å². The van der Waals surface area contributed by atoms with E-state index in [9.17, 15) is 9.18 Å². The summed E-state index contributed by atoms with van der Waals surface area (Å²) in [6, 6.07) is 4.45. The number of nitrogens with one attached hydrogen (secondary N) is 1. The molecule has 1 heterocycles. The summed E-state index contributed by atoms with van der Waals surface area (Å²) < 4.78 is 18.7. The molecule has 5 nitrogen and oxygen atoms in total. The quantitative estimate of drug-likeness (QED) is 0.801. The number of hydrogen-bond acceptors (Lipinski definition) is 4. The normalized spacial score (nSPS) is 15.3. The lowest BCUT2D eigenvalue weighted by Gasteiger charge is -2.26. The molecule has 1 fully saturated rings. The fraction of sp³-hybridized carbons (Fsp3) is 0.462. The van der Waals surface area contributed by atoms with E-state index in [1.54, 1.807) is 17.0 Å². The van der Waals surface area contributed by atoms with E-state index in [0.717, 1.165) is 0 Å². The van der Waals surface area contributed by atoms with E-state index in [1.807, 2.05) is 0 Å². The Bertz CT molecular complexity index is 448. The molecular weight excluding hydrogens is 249 g/mol. The minimum absolute atomic E-state index is 0.0617. The van der Waals surface area contributed by atoms with Gasteiger partial charge in [-0.2, -0.15) is 0 Å². The largest absolute Gasteiger partial charge is 0.399 e. The predicted octanol–water partition coefficient (Wildman–Crippen LogP) is 1.07. The fourth-order valence-corrected chi connectivity index (χ4v) is 1.95. The zero-order chi connectivity index (χ0) is 13.7. The van der Waals surface area contributed by atoms with Crippen molar-refractivity contribution in [1.82, 2.24) is 4.90 Å². The maximum atomic E-state index is 13.5. The number of benzene rings is 1. The van der Waals surface area contributed by atoms with Gasteiger partial charge in [-0.25, -0.2) is 4.39 Å². The molecule has 0 spiro atoms. The number of hydrogen-bond donors (Lipinski definition) is 2. The molecule has 1 amide bonds. The number of morpholine rings is 1. The van der Waals surface area contributed by atoms with E-state index in [2.05, 4.69) is 5.32 Å². The number of rotatable bonds is 4. The van der Waals surface area contributed by atoms with Crippen LogP contribution in [0.5, 0.6) is 0 Å². The molecule has 0 bridgehead atoms. The minimum Gasteiger partial charge on any atom is -0.399 e. The molecular formula is C13H18FN3O2. The van der Waals surface area contributed by atoms with Crippen LogP contribution in [-0.2, 0) is 9.53 Å². The molecule has 0 aliphatic carbocycles. The molecule has 1 aromatic carbocycles. The highest BCUT2D eigenvalue weighted by Crippen LogP contribution is 2.16. The van der Waals surface area contributed by atoms with Gasteiger partial charge in [0, 0.05) is 31.7 Å². The maximum Gasteiger partial charge on any atom is 0.224 e. The lowest BCUT2D eigenvalue weighted by molar-refractivity contribution is -0.134. The van der Waals surface area contributed by atoms with Gasteiger partial charge in [-0.05, 0) is 18.2 Å². The molecule has 3 N–H and O–H groups in total. The van der Waals surface area contributed by atoms with Gasteiger partial charge in [0.15, 0.2) is 0 Å². The highest BCUT2D eigenvalue weighted by molar-refractivity contribution is 5.76. The highest BCUT2D eigenvalue weighted by Gasteiger charge is 2.16. The van der Waals surface area contributed by atoms with Crippen molar-refractivity contribution in [3.8, 4) is 0 Å². The van der Waals surface area contributed by atoms with Gasteiger partial charge in [0.05, 0.1) is 18.9 Å². The number of nitrogen functional groups attached to an aromatic ring is 1. The summed E-state index contributed by atoms with van der Waals surface area (Å²) >= 11 is 0. The summed E-state index contributed by atoms with van der Waals surface area (Å²) in [6.45, 7) is 2.85. The minimum atomic E-state index is -0.404. The van der Waals surface area contributed by atoms with Crippen LogP contribution in [0, 0.1) is 5.82 Å². The van der Waals surface area contributed by atoms with Crippen LogP contribution >= 0.6 is 0 Å². The van der Waals surface area contributed by atoms with Gasteiger partial charge in [-0.15, -0.1) is 0 Å². The molecule has 1 aliphatic heterocycles. The molecule has 1 aromatic rings. The van der Waals surface area contributed by atoms with Crippen LogP contribution in [0.25, 0.3) is 0 Å². The first-order valence-corrected chi connectivity index (χ1v) is 6.31. The summed E-state index contributed by atoms with van der Waals surface area (Å²) in [7, 11) is 0. The van der Waals surface area contributed by atoms with Gasteiger partial charge in [-0.3, -0.25) is 4.79 Å². The number of carbonyl (C=O) groups excluding carboxylic acids is 1. The Kier molecular flexibility index (Phi) is 4.57. The third kappa shape index (κ3) is 3.82. The van der Waals surface area contributed by atoms with Crippen LogP contribution in [0.4, 0.5) is 15.8 Å². The van der Waals surface area contributed by atoms with Gasteiger partial charge in [0.2, 0.25) is 5.91 Å². The van der Waals surface area contributed by atoms with E-state index in [-0.39, 0.29) is 5.91 Å². The summed E-state index contributed by atoms with van der Waals surface area (Å²) in [5.41, 5.74) is 6.21. The number of carbonyl (C=O) groups is 1. The second-order valence-corrected chi connectivity index (χ2v) is 4.41. The van der Waals surface area contributed by atoms with Crippen LogP contribution in [-0.4, -0.2) is 43.7 Å². The van der Waals surface area contributed by atoms with Gasteiger partial charge < -0.3 is 20.7 Å². The predicted molar refractivity (Wildman–Crippen MR) is 71.3 cm³/mol. The van der Waals surface area contributed by atoms with Gasteiger partial charge in [-0.1, -0.05) is 0 Å². The second kappa shape index (κ2) is 6.38. The Morgan fingerprint density at radius 3 is 2.84 bits per heavy atom. The molecule has 1 saturated heterocycles. The third-order valence-electron chi connectivity index (χ3n) is 3.01. The molecule has 0 aromatic heterocycles. The summed E-state index contributed by atoms with van der Waals surface area (Å²) in [6.07, 6.45) is 0.337. The van der Waals surface area contributed by atoms with Gasteiger partial charge in [0.25, 0.3) is 0 Å². The van der Waals surface area contributed by atoms with Crippen molar-refractivity contribution in [2.75, 3.05) is 43.9 Å². The van der Waals surface area contributed by atoms with Crippen LogP contribution < -0.4 is 11.1 Å². The standard InChI is InChI=1S/C13H18FN3O2/c14-11-9-10(15)1-2-12(11)16-4-3-13(18)17-5-7-19-8-6-17/h1-2,9,16H,3-8,15H2. The van der Waals surface area contributed by atoms with E-state index in [0.29, 0.717) is 50.6 Å². The Hall–Kier alpha value is -1.82. The molecule has 6 heteroatoms. The molecule has 0 atom stereocenters. The molecule has 0 saturated carbocycles. The van der Waals surface area contributed by atoms with Crippen LogP contribution in [0.3, 0.4) is 0 Å². The highest BCUT2D eigenvalue weighted by atomic mass is 19.1. The first kappa shape index (κ1) is 13.6. The molecule has 0 unspecified atom stereocenters. The lowest BCUT2D eigenvalue weighted by atomic mass is 10.2. The second-order valence-electron chi connectivity index (χ2n) is 4.41. The van der Waals surface area contributed by atoms with Crippen molar-refractivity contribution in [1.29, 1.82) is 0 Å². The molecule has 1 aliphatic rings. The summed E-state index contributed by atoms with van der Waals surface area (Å²) in [4.78, 5) is 13.6. The number of ether oxygens (including phenoxy) is 1. The average molecular weight is 267 g/mol. The molecule has 2 rings (SSSR count). The number of amides is 1. The van der Waals surface area contributed by atoms with Crippen molar-refractivity contribution in [2.45, 2.75) is 6.42 Å². The molecule has 0 radical (unpaired) electrons. The first-order chi connectivity index (χ1) is 9.16. The smallest absolute Gasteiger partial charge is 0.224 e. The SMILES string of the molecule is Nc1ccc(NCCC(=O)N2CCOCC2)c(F)c1. The van der Waals surface area contributed by atoms with E-state index in [1.165, 1.54) is 6.07 Å². The van der Waals surface area contributed by atoms with Crippen LogP contribution in [0.2, 0.25) is 0 Å². The van der Waals surface area contributed by atoms with Crippen molar-refractivity contribution < 1.29 is 13.9 Å². The van der Waals surface area contributed by atoms with Crippen molar-refractivity contribution in [2.24, 2.45) is 0 Å². The van der Waals surface area contributed by atoms with E-state index in [4.69, 9.17) is 10.5 Å². The monoisotopic (exact) mass is 267 g/mol. The van der Waals surface area contributed by atoms with Crippen molar-refractivity contribution in [3.05, 3.63) is 24.0 Å². The zero-order valence-electron chi connectivity index (χ0n) is 10.7. The van der Waals surface area contributed by atoms with Gasteiger partial charge >= 0.3 is 0 Å². The summed E-state index contributed by atoms with van der Waals surface area (Å²) in [5, 5.41) is 2.90. The Morgan fingerprint density at radius 1 is 1.42 bits per heavy atom. The maximum absolute atomic E-state index is 13.5. The molecule has 19 heavy (non-hydrogen) atoms. The number of nitrogens with two attached hydrogens (primary N) is 1. The first-order valence-electron chi connectivity index (χ1n) is 6.31. The number of anilines is 2. The lowest BCUT2D eigenvalue weighted by Crippen LogP contribution is -2.41. The Morgan fingerprint density at radius 2 is 2.16 bits per heavy atom. The van der Waals surface area contributed by atoms with Crippen LogP contribution in [0.1, 0.15) is 6.42 Å². The zero-order valence-corrected chi connectivity index (χ0v) is 10.7. The van der Waals surface area contributed by atoms with E-state index < -0.39 is 5.82 Å². The number of nitrogens with zero attached hydrogens (tertiary/aromatic N) is 1.